The molecule has 2 heteroatoms. The third-order valence-corrected chi connectivity index (χ3v) is 4.94. The minimum absolute atomic E-state index is 0.192. The molecular weight excluding hydrogens is 258 g/mol. The van der Waals surface area contributed by atoms with Gasteiger partial charge in [-0.15, -0.1) is 0 Å². The summed E-state index contributed by atoms with van der Waals surface area (Å²) in [5.41, 5.74) is 4.01. The van der Waals surface area contributed by atoms with E-state index in [1.807, 2.05) is 18.2 Å². The van der Waals surface area contributed by atoms with Gasteiger partial charge in [0.25, 0.3) is 0 Å². The summed E-state index contributed by atoms with van der Waals surface area (Å²) < 4.78 is 0. The maximum Gasteiger partial charge on any atom is 0.224 e. The van der Waals surface area contributed by atoms with Crippen LogP contribution < -0.4 is 5.32 Å². The number of hydrogen-bond acceptors (Lipinski definition) is 1. The van der Waals surface area contributed by atoms with Gasteiger partial charge in [-0.25, -0.2) is 0 Å². The van der Waals surface area contributed by atoms with Crippen LogP contribution in [-0.4, -0.2) is 5.91 Å². The summed E-state index contributed by atoms with van der Waals surface area (Å²) in [6.45, 7) is 0.636. The van der Waals surface area contributed by atoms with E-state index >= 15 is 0 Å². The normalized spacial score (nSPS) is 25.6. The van der Waals surface area contributed by atoms with Crippen molar-refractivity contribution in [3.63, 3.8) is 0 Å². The van der Waals surface area contributed by atoms with Gasteiger partial charge in [-0.2, -0.15) is 0 Å². The largest absolute Gasteiger partial charge is 0.352 e. The van der Waals surface area contributed by atoms with E-state index in [2.05, 4.69) is 41.7 Å². The minimum atomic E-state index is 0.192. The van der Waals surface area contributed by atoms with Crippen LogP contribution in [0.4, 0.5) is 0 Å². The monoisotopic (exact) mass is 277 g/mol. The molecule has 3 atom stereocenters. The molecule has 106 valence electrons. The number of amides is 1. The molecule has 4 rings (SSSR count). The Balaban J connectivity index is 1.44. The van der Waals surface area contributed by atoms with Crippen molar-refractivity contribution in [2.75, 3.05) is 0 Å². The predicted octanol–water partition coefficient (Wildman–Crippen LogP) is 3.28. The molecule has 0 aliphatic heterocycles. The van der Waals surface area contributed by atoms with Gasteiger partial charge in [-0.3, -0.25) is 4.79 Å². The lowest BCUT2D eigenvalue weighted by Crippen LogP contribution is -2.25. The van der Waals surface area contributed by atoms with Crippen LogP contribution in [-0.2, 0) is 17.8 Å². The summed E-state index contributed by atoms with van der Waals surface area (Å²) in [7, 11) is 0. The van der Waals surface area contributed by atoms with Gasteiger partial charge in [0, 0.05) is 12.5 Å². The second-order valence-electron chi connectivity index (χ2n) is 6.16. The molecule has 1 amide bonds. The van der Waals surface area contributed by atoms with Crippen molar-refractivity contribution >= 4 is 5.91 Å². The molecule has 0 radical (unpaired) electrons. The number of rotatable bonds is 3. The molecule has 3 unspecified atom stereocenters. The number of carbonyl (C=O) groups is 1. The van der Waals surface area contributed by atoms with E-state index in [1.165, 1.54) is 11.1 Å². The fraction of sp³-hybridized carbons (Fsp3) is 0.316. The van der Waals surface area contributed by atoms with Gasteiger partial charge in [-0.1, -0.05) is 54.6 Å². The first-order chi connectivity index (χ1) is 10.3. The molecule has 2 nitrogen and oxygen atoms in total. The lowest BCUT2D eigenvalue weighted by molar-refractivity contribution is -0.122. The quantitative estimate of drug-likeness (QED) is 0.916. The summed E-state index contributed by atoms with van der Waals surface area (Å²) >= 11 is 0. The summed E-state index contributed by atoms with van der Waals surface area (Å²) in [4.78, 5) is 12.4. The van der Waals surface area contributed by atoms with E-state index in [0.717, 1.165) is 18.4 Å². The number of fused-ring (bicyclic) bond motifs is 3. The van der Waals surface area contributed by atoms with Crippen LogP contribution in [0.2, 0.25) is 0 Å². The highest BCUT2D eigenvalue weighted by atomic mass is 16.2. The van der Waals surface area contributed by atoms with E-state index in [9.17, 15) is 4.79 Å². The van der Waals surface area contributed by atoms with Gasteiger partial charge in [0.1, 0.15) is 0 Å². The molecule has 1 N–H and O–H groups in total. The van der Waals surface area contributed by atoms with E-state index in [4.69, 9.17) is 0 Å². The fourth-order valence-corrected chi connectivity index (χ4v) is 3.83. The first kappa shape index (κ1) is 12.6. The molecule has 1 fully saturated rings. The Hall–Kier alpha value is -2.09. The lowest BCUT2D eigenvalue weighted by Gasteiger charge is -2.13. The molecule has 1 saturated carbocycles. The molecule has 2 aromatic rings. The molecule has 2 aliphatic carbocycles. The third-order valence-electron chi connectivity index (χ3n) is 4.94. The molecule has 0 heterocycles. The first-order valence-corrected chi connectivity index (χ1v) is 7.74. The Kier molecular flexibility index (Phi) is 3.03. The van der Waals surface area contributed by atoms with Gasteiger partial charge < -0.3 is 5.32 Å². The van der Waals surface area contributed by atoms with Crippen LogP contribution >= 0.6 is 0 Å². The first-order valence-electron chi connectivity index (χ1n) is 7.74. The number of nitrogens with one attached hydrogen (secondary N) is 1. The Morgan fingerprint density at radius 1 is 1.05 bits per heavy atom. The number of aryl methyl sites for hydroxylation is 1. The Bertz CT molecular complexity index is 664. The number of carbonyl (C=O) groups excluding carboxylic acids is 1. The standard InChI is InChI=1S/C19H19NO/c21-19(20-12-13-6-2-1-3-7-13)18-16-11-10-14-8-4-5-9-15(14)17(16)18/h1-9,16-18H,10-12H2,(H,20,21). The molecule has 0 bridgehead atoms. The zero-order chi connectivity index (χ0) is 14.2. The summed E-state index contributed by atoms with van der Waals surface area (Å²) in [6.07, 6.45) is 2.28. The number of hydrogen-bond donors (Lipinski definition) is 1. The van der Waals surface area contributed by atoms with Crippen molar-refractivity contribution in [1.82, 2.24) is 5.32 Å². The van der Waals surface area contributed by atoms with Gasteiger partial charge in [0.05, 0.1) is 0 Å². The second kappa shape index (κ2) is 5.03. The Morgan fingerprint density at radius 2 is 1.81 bits per heavy atom. The average molecular weight is 277 g/mol. The topological polar surface area (TPSA) is 29.1 Å². The van der Waals surface area contributed by atoms with Gasteiger partial charge >= 0.3 is 0 Å². The van der Waals surface area contributed by atoms with E-state index in [0.29, 0.717) is 18.4 Å². The van der Waals surface area contributed by atoms with Crippen LogP contribution in [0.25, 0.3) is 0 Å². The zero-order valence-electron chi connectivity index (χ0n) is 12.0. The predicted molar refractivity (Wildman–Crippen MR) is 82.8 cm³/mol. The summed E-state index contributed by atoms with van der Waals surface area (Å²) in [6, 6.07) is 18.7. The van der Waals surface area contributed by atoms with Crippen LogP contribution in [0.5, 0.6) is 0 Å². The van der Waals surface area contributed by atoms with Crippen LogP contribution in [0, 0.1) is 11.8 Å². The Labute approximate surface area is 125 Å². The van der Waals surface area contributed by atoms with Gasteiger partial charge in [0.15, 0.2) is 0 Å². The van der Waals surface area contributed by atoms with Crippen molar-refractivity contribution in [1.29, 1.82) is 0 Å². The van der Waals surface area contributed by atoms with E-state index < -0.39 is 0 Å². The maximum atomic E-state index is 12.4. The van der Waals surface area contributed by atoms with Crippen molar-refractivity contribution in [2.45, 2.75) is 25.3 Å². The summed E-state index contributed by atoms with van der Waals surface area (Å²) in [5.74, 6) is 1.45. The van der Waals surface area contributed by atoms with E-state index in [-0.39, 0.29) is 11.8 Å². The van der Waals surface area contributed by atoms with Crippen molar-refractivity contribution < 1.29 is 4.79 Å². The molecule has 21 heavy (non-hydrogen) atoms. The maximum absolute atomic E-state index is 12.4. The third kappa shape index (κ3) is 2.25. The average Bonchev–Trinajstić information content (AvgIpc) is 3.29. The molecule has 0 spiro atoms. The molecule has 0 saturated heterocycles. The van der Waals surface area contributed by atoms with Gasteiger partial charge in [-0.05, 0) is 41.4 Å². The lowest BCUT2D eigenvalue weighted by atomic mass is 9.92. The Morgan fingerprint density at radius 3 is 2.67 bits per heavy atom. The molecule has 0 aromatic heterocycles. The highest BCUT2D eigenvalue weighted by Crippen LogP contribution is 2.59. The van der Waals surface area contributed by atoms with Crippen LogP contribution in [0.3, 0.4) is 0 Å². The molecular formula is C19H19NO. The highest BCUT2D eigenvalue weighted by molar-refractivity contribution is 5.84. The summed E-state index contributed by atoms with van der Waals surface area (Å²) in [5, 5.41) is 3.11. The fourth-order valence-electron chi connectivity index (χ4n) is 3.83. The van der Waals surface area contributed by atoms with Gasteiger partial charge in [0.2, 0.25) is 5.91 Å². The smallest absolute Gasteiger partial charge is 0.224 e. The number of benzene rings is 2. The molecule has 2 aromatic carbocycles. The van der Waals surface area contributed by atoms with Crippen molar-refractivity contribution in [3.05, 3.63) is 71.3 Å². The van der Waals surface area contributed by atoms with Crippen molar-refractivity contribution in [3.8, 4) is 0 Å². The van der Waals surface area contributed by atoms with Crippen LogP contribution in [0.15, 0.2) is 54.6 Å². The van der Waals surface area contributed by atoms with Crippen molar-refractivity contribution in [2.24, 2.45) is 11.8 Å². The van der Waals surface area contributed by atoms with E-state index in [1.54, 1.807) is 0 Å². The SMILES string of the molecule is O=C(NCc1ccccc1)C1C2CCc3ccccc3C21. The zero-order valence-corrected chi connectivity index (χ0v) is 12.0. The molecule has 2 aliphatic rings. The highest BCUT2D eigenvalue weighted by Gasteiger charge is 2.56. The second-order valence-corrected chi connectivity index (χ2v) is 6.16. The van der Waals surface area contributed by atoms with Crippen LogP contribution in [0.1, 0.15) is 29.0 Å². The minimum Gasteiger partial charge on any atom is -0.352 e.